The first kappa shape index (κ1) is 13.1. The van der Waals surface area contributed by atoms with Crippen molar-refractivity contribution in [2.45, 2.75) is 6.54 Å². The zero-order chi connectivity index (χ0) is 14.8. The summed E-state index contributed by atoms with van der Waals surface area (Å²) in [6, 6.07) is 12.3. The molecule has 21 heavy (non-hydrogen) atoms. The van der Waals surface area contributed by atoms with Gasteiger partial charge in [-0.15, -0.1) is 0 Å². The van der Waals surface area contributed by atoms with E-state index in [9.17, 15) is 9.59 Å². The van der Waals surface area contributed by atoms with Crippen LogP contribution in [-0.4, -0.2) is 15.9 Å². The zero-order valence-corrected chi connectivity index (χ0v) is 11.1. The SMILES string of the molecule is NCc1ccc(C(=O)Nc2ccc3[nH]c(=O)[nH]c3c2)cc1. The Balaban J connectivity index is 1.82. The Morgan fingerprint density at radius 1 is 1.05 bits per heavy atom. The molecule has 0 saturated heterocycles. The number of benzene rings is 2. The topological polar surface area (TPSA) is 104 Å². The van der Waals surface area contributed by atoms with E-state index in [1.807, 2.05) is 12.1 Å². The summed E-state index contributed by atoms with van der Waals surface area (Å²) in [4.78, 5) is 28.6. The Labute approximate surface area is 120 Å². The van der Waals surface area contributed by atoms with Crippen molar-refractivity contribution in [3.05, 3.63) is 64.1 Å². The summed E-state index contributed by atoms with van der Waals surface area (Å²) in [6.45, 7) is 0.444. The first-order chi connectivity index (χ1) is 10.2. The van der Waals surface area contributed by atoms with E-state index in [-0.39, 0.29) is 11.6 Å². The molecule has 0 radical (unpaired) electrons. The van der Waals surface area contributed by atoms with Gasteiger partial charge in [0.05, 0.1) is 11.0 Å². The first-order valence-corrected chi connectivity index (χ1v) is 6.48. The predicted octanol–water partition coefficient (Wildman–Crippen LogP) is 1.57. The van der Waals surface area contributed by atoms with E-state index in [1.54, 1.807) is 30.3 Å². The van der Waals surface area contributed by atoms with Gasteiger partial charge in [0.1, 0.15) is 0 Å². The summed E-state index contributed by atoms with van der Waals surface area (Å²) in [7, 11) is 0. The average Bonchev–Trinajstić information content (AvgIpc) is 2.86. The van der Waals surface area contributed by atoms with Crippen molar-refractivity contribution in [3.8, 4) is 0 Å². The van der Waals surface area contributed by atoms with Crippen LogP contribution in [0.15, 0.2) is 47.3 Å². The summed E-state index contributed by atoms with van der Waals surface area (Å²) in [5, 5.41) is 2.79. The lowest BCUT2D eigenvalue weighted by atomic mass is 10.1. The molecule has 0 aliphatic rings. The summed E-state index contributed by atoms with van der Waals surface area (Å²) in [5.74, 6) is -0.212. The molecule has 0 saturated carbocycles. The van der Waals surface area contributed by atoms with E-state index >= 15 is 0 Å². The molecular weight excluding hydrogens is 268 g/mol. The van der Waals surface area contributed by atoms with Gasteiger partial charge in [0.2, 0.25) is 0 Å². The molecule has 3 rings (SSSR count). The molecule has 6 nitrogen and oxygen atoms in total. The number of hydrogen-bond acceptors (Lipinski definition) is 3. The molecule has 0 aliphatic heterocycles. The van der Waals surface area contributed by atoms with Crippen molar-refractivity contribution in [3.63, 3.8) is 0 Å². The van der Waals surface area contributed by atoms with E-state index < -0.39 is 0 Å². The number of nitrogens with two attached hydrogens (primary N) is 1. The van der Waals surface area contributed by atoms with Crippen LogP contribution in [0.4, 0.5) is 5.69 Å². The highest BCUT2D eigenvalue weighted by Gasteiger charge is 2.07. The van der Waals surface area contributed by atoms with E-state index in [0.29, 0.717) is 28.8 Å². The predicted molar refractivity (Wildman–Crippen MR) is 81.2 cm³/mol. The minimum atomic E-state index is -0.272. The van der Waals surface area contributed by atoms with Crippen molar-refractivity contribution in [1.82, 2.24) is 9.97 Å². The third-order valence-corrected chi connectivity index (χ3v) is 3.23. The van der Waals surface area contributed by atoms with E-state index in [0.717, 1.165) is 5.56 Å². The Hall–Kier alpha value is -2.86. The molecule has 106 valence electrons. The second kappa shape index (κ2) is 5.26. The van der Waals surface area contributed by atoms with Gasteiger partial charge in [-0.25, -0.2) is 4.79 Å². The standard InChI is InChI=1S/C15H14N4O2/c16-8-9-1-3-10(4-2-9)14(20)17-11-5-6-12-13(7-11)19-15(21)18-12/h1-7H,8,16H2,(H,17,20)(H2,18,19,21). The van der Waals surface area contributed by atoms with Crippen LogP contribution >= 0.6 is 0 Å². The Kier molecular flexibility index (Phi) is 3.29. The van der Waals surface area contributed by atoms with Gasteiger partial charge in [-0.1, -0.05) is 12.1 Å². The number of H-pyrrole nitrogens is 2. The van der Waals surface area contributed by atoms with Crippen molar-refractivity contribution < 1.29 is 4.79 Å². The van der Waals surface area contributed by atoms with Crippen LogP contribution in [0.1, 0.15) is 15.9 Å². The fourth-order valence-corrected chi connectivity index (χ4v) is 2.11. The number of nitrogens with one attached hydrogen (secondary N) is 3. The fourth-order valence-electron chi connectivity index (χ4n) is 2.11. The number of imidazole rings is 1. The molecule has 0 unspecified atom stereocenters. The highest BCUT2D eigenvalue weighted by atomic mass is 16.2. The molecule has 0 aliphatic carbocycles. The maximum atomic E-state index is 12.1. The second-order valence-corrected chi connectivity index (χ2v) is 4.69. The van der Waals surface area contributed by atoms with Gasteiger partial charge in [0, 0.05) is 17.8 Å². The van der Waals surface area contributed by atoms with Crippen LogP contribution < -0.4 is 16.7 Å². The summed E-state index contributed by atoms with van der Waals surface area (Å²) < 4.78 is 0. The van der Waals surface area contributed by atoms with Gasteiger partial charge in [0.15, 0.2) is 0 Å². The third-order valence-electron chi connectivity index (χ3n) is 3.23. The first-order valence-electron chi connectivity index (χ1n) is 6.48. The summed E-state index contributed by atoms with van der Waals surface area (Å²) >= 11 is 0. The highest BCUT2D eigenvalue weighted by Crippen LogP contribution is 2.15. The largest absolute Gasteiger partial charge is 0.326 e. The normalized spacial score (nSPS) is 10.7. The van der Waals surface area contributed by atoms with Gasteiger partial charge in [-0.05, 0) is 35.9 Å². The van der Waals surface area contributed by atoms with Gasteiger partial charge in [-0.2, -0.15) is 0 Å². The highest BCUT2D eigenvalue weighted by molar-refractivity contribution is 6.04. The van der Waals surface area contributed by atoms with Crippen molar-refractivity contribution in [2.24, 2.45) is 5.73 Å². The molecule has 0 bridgehead atoms. The number of fused-ring (bicyclic) bond motifs is 1. The lowest BCUT2D eigenvalue weighted by Crippen LogP contribution is -2.12. The van der Waals surface area contributed by atoms with Crippen molar-refractivity contribution in [1.29, 1.82) is 0 Å². The maximum Gasteiger partial charge on any atom is 0.323 e. The fraction of sp³-hybridized carbons (Fsp3) is 0.0667. The minimum absolute atomic E-state index is 0.212. The van der Waals surface area contributed by atoms with Crippen LogP contribution in [0, 0.1) is 0 Å². The quantitative estimate of drug-likeness (QED) is 0.586. The van der Waals surface area contributed by atoms with Crippen LogP contribution in [0.3, 0.4) is 0 Å². The van der Waals surface area contributed by atoms with Gasteiger partial charge < -0.3 is 21.0 Å². The van der Waals surface area contributed by atoms with Crippen molar-refractivity contribution in [2.75, 3.05) is 5.32 Å². The molecule has 0 fully saturated rings. The number of carbonyl (C=O) groups excluding carboxylic acids is 1. The van der Waals surface area contributed by atoms with Crippen LogP contribution in [0.5, 0.6) is 0 Å². The van der Waals surface area contributed by atoms with Crippen LogP contribution in [0.25, 0.3) is 11.0 Å². The molecule has 2 aromatic carbocycles. The van der Waals surface area contributed by atoms with Gasteiger partial charge >= 0.3 is 5.69 Å². The van der Waals surface area contributed by atoms with E-state index in [2.05, 4.69) is 15.3 Å². The maximum absolute atomic E-state index is 12.1. The molecule has 0 spiro atoms. The van der Waals surface area contributed by atoms with E-state index in [1.165, 1.54) is 0 Å². The molecule has 1 heterocycles. The number of amides is 1. The number of hydrogen-bond donors (Lipinski definition) is 4. The smallest absolute Gasteiger partial charge is 0.323 e. The number of carbonyl (C=O) groups is 1. The molecule has 0 atom stereocenters. The lowest BCUT2D eigenvalue weighted by Gasteiger charge is -2.06. The van der Waals surface area contributed by atoms with Gasteiger partial charge in [-0.3, -0.25) is 4.79 Å². The molecule has 6 heteroatoms. The molecular formula is C15H14N4O2. The molecule has 3 aromatic rings. The van der Waals surface area contributed by atoms with Crippen LogP contribution in [0.2, 0.25) is 0 Å². The Bertz CT molecular complexity index is 846. The average molecular weight is 282 g/mol. The summed E-state index contributed by atoms with van der Waals surface area (Å²) in [6.07, 6.45) is 0. The monoisotopic (exact) mass is 282 g/mol. The van der Waals surface area contributed by atoms with Crippen molar-refractivity contribution >= 4 is 22.6 Å². The zero-order valence-electron chi connectivity index (χ0n) is 11.1. The van der Waals surface area contributed by atoms with Crippen LogP contribution in [-0.2, 0) is 6.54 Å². The van der Waals surface area contributed by atoms with Gasteiger partial charge in [0.25, 0.3) is 5.91 Å². The second-order valence-electron chi connectivity index (χ2n) is 4.69. The Morgan fingerprint density at radius 3 is 2.48 bits per heavy atom. The Morgan fingerprint density at radius 2 is 1.76 bits per heavy atom. The summed E-state index contributed by atoms with van der Waals surface area (Å²) in [5.41, 5.74) is 8.74. The third kappa shape index (κ3) is 2.70. The number of aromatic amines is 2. The lowest BCUT2D eigenvalue weighted by molar-refractivity contribution is 0.102. The number of aromatic nitrogens is 2. The molecule has 5 N–H and O–H groups in total. The van der Waals surface area contributed by atoms with E-state index in [4.69, 9.17) is 5.73 Å². The minimum Gasteiger partial charge on any atom is -0.326 e. The molecule has 1 amide bonds. The molecule has 1 aromatic heterocycles. The number of anilines is 1. The number of rotatable bonds is 3.